The van der Waals surface area contributed by atoms with Gasteiger partial charge in [-0.25, -0.2) is 13.1 Å². The predicted molar refractivity (Wildman–Crippen MR) is 84.9 cm³/mol. The van der Waals surface area contributed by atoms with Crippen LogP contribution in [-0.2, 0) is 21.3 Å². The van der Waals surface area contributed by atoms with E-state index in [1.807, 2.05) is 26.2 Å². The summed E-state index contributed by atoms with van der Waals surface area (Å²) >= 11 is 1.40. The molecule has 0 saturated heterocycles. The number of rotatable bonds is 6. The van der Waals surface area contributed by atoms with Crippen molar-refractivity contribution in [2.75, 3.05) is 6.61 Å². The first-order valence-corrected chi connectivity index (χ1v) is 9.51. The van der Waals surface area contributed by atoms with E-state index in [2.05, 4.69) is 4.72 Å². The Morgan fingerprint density at radius 2 is 2.19 bits per heavy atom. The first-order valence-electron chi connectivity index (χ1n) is 7.15. The Morgan fingerprint density at radius 1 is 1.52 bits per heavy atom. The highest BCUT2D eigenvalue weighted by Crippen LogP contribution is 2.43. The minimum atomic E-state index is -3.54. The standard InChI is InChI=1S/C14H24N2O3S2/c1-5-19-12-6-11(14(12,3)4)16-21(17,18)13-9(2)8-20-10(13)7-15/h8,11-12,16H,5-7,15H2,1-4H3. The average molecular weight is 332 g/mol. The number of sulfonamides is 1. The number of hydrogen-bond acceptors (Lipinski definition) is 5. The Hall–Kier alpha value is -0.470. The Balaban J connectivity index is 2.18. The molecule has 2 atom stereocenters. The fourth-order valence-electron chi connectivity index (χ4n) is 2.80. The average Bonchev–Trinajstić information content (AvgIpc) is 2.79. The third kappa shape index (κ3) is 3.03. The minimum Gasteiger partial charge on any atom is -0.378 e. The predicted octanol–water partition coefficient (Wildman–Crippen LogP) is 2.00. The van der Waals surface area contributed by atoms with Crippen LogP contribution in [0.15, 0.2) is 10.3 Å². The van der Waals surface area contributed by atoms with E-state index in [0.29, 0.717) is 22.8 Å². The number of aryl methyl sites for hydroxylation is 1. The van der Waals surface area contributed by atoms with Crippen molar-refractivity contribution < 1.29 is 13.2 Å². The second kappa shape index (κ2) is 5.96. The maximum atomic E-state index is 12.6. The molecule has 7 heteroatoms. The van der Waals surface area contributed by atoms with Gasteiger partial charge in [0.1, 0.15) is 4.90 Å². The molecule has 21 heavy (non-hydrogen) atoms. The van der Waals surface area contributed by atoms with Gasteiger partial charge in [-0.3, -0.25) is 0 Å². The molecular formula is C14H24N2O3S2. The summed E-state index contributed by atoms with van der Waals surface area (Å²) in [5.74, 6) is 0. The van der Waals surface area contributed by atoms with Crippen LogP contribution in [0.5, 0.6) is 0 Å². The Morgan fingerprint density at radius 3 is 2.71 bits per heavy atom. The lowest BCUT2D eigenvalue weighted by Gasteiger charge is -2.51. The van der Waals surface area contributed by atoms with Crippen molar-refractivity contribution >= 4 is 21.4 Å². The van der Waals surface area contributed by atoms with E-state index < -0.39 is 10.0 Å². The van der Waals surface area contributed by atoms with E-state index in [9.17, 15) is 8.42 Å². The molecule has 1 aliphatic carbocycles. The molecule has 3 N–H and O–H groups in total. The molecule has 2 unspecified atom stereocenters. The van der Waals surface area contributed by atoms with Crippen LogP contribution in [0.25, 0.3) is 0 Å². The van der Waals surface area contributed by atoms with Crippen LogP contribution in [0.3, 0.4) is 0 Å². The smallest absolute Gasteiger partial charge is 0.242 e. The molecule has 0 aliphatic heterocycles. The van der Waals surface area contributed by atoms with Gasteiger partial charge in [0.2, 0.25) is 10.0 Å². The van der Waals surface area contributed by atoms with Crippen molar-refractivity contribution in [3.8, 4) is 0 Å². The normalized spacial score (nSPS) is 24.8. The van der Waals surface area contributed by atoms with Crippen LogP contribution in [0.1, 0.15) is 37.6 Å². The van der Waals surface area contributed by atoms with Gasteiger partial charge in [-0.15, -0.1) is 11.3 Å². The monoisotopic (exact) mass is 332 g/mol. The van der Waals surface area contributed by atoms with E-state index in [0.717, 1.165) is 5.56 Å². The summed E-state index contributed by atoms with van der Waals surface area (Å²) in [5, 5.41) is 1.84. The maximum absolute atomic E-state index is 12.6. The van der Waals surface area contributed by atoms with Gasteiger partial charge in [0.15, 0.2) is 0 Å². The maximum Gasteiger partial charge on any atom is 0.242 e. The summed E-state index contributed by atoms with van der Waals surface area (Å²) in [6.45, 7) is 8.72. The summed E-state index contributed by atoms with van der Waals surface area (Å²) in [5.41, 5.74) is 6.21. The molecule has 1 aromatic heterocycles. The molecule has 1 fully saturated rings. The summed E-state index contributed by atoms with van der Waals surface area (Å²) in [4.78, 5) is 1.06. The van der Waals surface area contributed by atoms with Gasteiger partial charge < -0.3 is 10.5 Å². The van der Waals surface area contributed by atoms with Crippen LogP contribution in [0, 0.1) is 12.3 Å². The molecule has 0 amide bonds. The van der Waals surface area contributed by atoms with Gasteiger partial charge in [0.25, 0.3) is 0 Å². The van der Waals surface area contributed by atoms with Gasteiger partial charge >= 0.3 is 0 Å². The Labute approximate surface area is 130 Å². The zero-order valence-corrected chi connectivity index (χ0v) is 14.6. The van der Waals surface area contributed by atoms with Gasteiger partial charge in [0.05, 0.1) is 6.10 Å². The highest BCUT2D eigenvalue weighted by Gasteiger charge is 2.50. The Kier molecular flexibility index (Phi) is 4.80. The van der Waals surface area contributed by atoms with E-state index in [1.54, 1.807) is 6.92 Å². The van der Waals surface area contributed by atoms with Crippen molar-refractivity contribution in [2.24, 2.45) is 11.1 Å². The highest BCUT2D eigenvalue weighted by molar-refractivity contribution is 7.89. The zero-order valence-electron chi connectivity index (χ0n) is 13.0. The van der Waals surface area contributed by atoms with E-state index >= 15 is 0 Å². The van der Waals surface area contributed by atoms with Crippen molar-refractivity contribution in [1.29, 1.82) is 0 Å². The second-order valence-corrected chi connectivity index (χ2v) is 8.67. The summed E-state index contributed by atoms with van der Waals surface area (Å²) in [7, 11) is -3.54. The van der Waals surface area contributed by atoms with Crippen molar-refractivity contribution in [3.05, 3.63) is 15.8 Å². The molecule has 2 rings (SSSR count). The molecule has 0 radical (unpaired) electrons. The van der Waals surface area contributed by atoms with Gasteiger partial charge in [-0.2, -0.15) is 0 Å². The van der Waals surface area contributed by atoms with Gasteiger partial charge in [-0.1, -0.05) is 13.8 Å². The van der Waals surface area contributed by atoms with Crippen molar-refractivity contribution in [1.82, 2.24) is 4.72 Å². The fourth-order valence-corrected chi connectivity index (χ4v) is 5.91. The molecule has 1 saturated carbocycles. The quantitative estimate of drug-likeness (QED) is 0.835. The van der Waals surface area contributed by atoms with Crippen LogP contribution in [-0.4, -0.2) is 27.2 Å². The summed E-state index contributed by atoms with van der Waals surface area (Å²) < 4.78 is 33.8. The lowest BCUT2D eigenvalue weighted by Crippen LogP contribution is -2.62. The Bertz CT molecular complexity index is 608. The SMILES string of the molecule is CCOC1CC(NS(=O)(=O)c2c(C)csc2CN)C1(C)C. The number of nitrogens with two attached hydrogens (primary N) is 1. The minimum absolute atomic E-state index is 0.104. The molecule has 1 heterocycles. The number of ether oxygens (including phenoxy) is 1. The molecule has 1 aromatic rings. The largest absolute Gasteiger partial charge is 0.378 e. The molecular weight excluding hydrogens is 308 g/mol. The topological polar surface area (TPSA) is 81.4 Å². The van der Waals surface area contributed by atoms with Crippen LogP contribution in [0.2, 0.25) is 0 Å². The second-order valence-electron chi connectivity index (χ2n) is 6.05. The molecule has 0 spiro atoms. The van der Waals surface area contributed by atoms with Crippen LogP contribution < -0.4 is 10.5 Å². The fraction of sp³-hybridized carbons (Fsp3) is 0.714. The van der Waals surface area contributed by atoms with E-state index in [-0.39, 0.29) is 24.1 Å². The third-order valence-corrected chi connectivity index (χ3v) is 7.24. The summed E-state index contributed by atoms with van der Waals surface area (Å²) in [6, 6.07) is -0.107. The van der Waals surface area contributed by atoms with Gasteiger partial charge in [0, 0.05) is 29.5 Å². The van der Waals surface area contributed by atoms with E-state index in [4.69, 9.17) is 10.5 Å². The first-order chi connectivity index (χ1) is 9.74. The molecule has 0 aromatic carbocycles. The molecule has 0 bridgehead atoms. The molecule has 1 aliphatic rings. The van der Waals surface area contributed by atoms with Crippen LogP contribution >= 0.6 is 11.3 Å². The highest BCUT2D eigenvalue weighted by atomic mass is 32.2. The number of thiophene rings is 1. The first kappa shape index (κ1) is 16.9. The number of hydrogen-bond donors (Lipinski definition) is 2. The molecule has 5 nitrogen and oxygen atoms in total. The molecule has 120 valence electrons. The van der Waals surface area contributed by atoms with E-state index in [1.165, 1.54) is 11.3 Å². The lowest BCUT2D eigenvalue weighted by atomic mass is 9.65. The van der Waals surface area contributed by atoms with Crippen molar-refractivity contribution in [2.45, 2.75) is 57.7 Å². The lowest BCUT2D eigenvalue weighted by molar-refractivity contribution is -0.108. The van der Waals surface area contributed by atoms with Crippen LogP contribution in [0.4, 0.5) is 0 Å². The van der Waals surface area contributed by atoms with Gasteiger partial charge in [-0.05, 0) is 31.2 Å². The number of nitrogens with one attached hydrogen (secondary N) is 1. The zero-order chi connectivity index (χ0) is 15.8. The van der Waals surface area contributed by atoms with Crippen molar-refractivity contribution in [3.63, 3.8) is 0 Å². The third-order valence-electron chi connectivity index (χ3n) is 4.29. The summed E-state index contributed by atoms with van der Waals surface area (Å²) in [6.07, 6.45) is 0.814.